The Morgan fingerprint density at radius 1 is 1.13 bits per heavy atom. The van der Waals surface area contributed by atoms with Gasteiger partial charge in [-0.3, -0.25) is 9.59 Å². The van der Waals surface area contributed by atoms with E-state index in [1.54, 1.807) is 36.4 Å². The monoisotopic (exact) mass is 442 g/mol. The molecule has 0 amide bonds. The van der Waals surface area contributed by atoms with Crippen LogP contribution in [0.5, 0.6) is 0 Å². The highest BCUT2D eigenvalue weighted by atomic mass is 35.5. The smallest absolute Gasteiger partial charge is 0.167 e. The minimum Gasteiger partial charge on any atom is -0.382 e. The molecule has 0 heterocycles. The van der Waals surface area contributed by atoms with Gasteiger partial charge in [-0.25, -0.2) is 4.39 Å². The van der Waals surface area contributed by atoms with E-state index < -0.39 is 5.60 Å². The molecule has 2 fully saturated rings. The van der Waals surface area contributed by atoms with Crippen LogP contribution >= 0.6 is 11.6 Å². The molecule has 3 nitrogen and oxygen atoms in total. The number of carbonyl (C=O) groups is 2. The van der Waals surface area contributed by atoms with Gasteiger partial charge in [0.25, 0.3) is 0 Å². The lowest BCUT2D eigenvalue weighted by Crippen LogP contribution is -2.30. The zero-order valence-electron chi connectivity index (χ0n) is 17.7. The molecular weight excluding hydrogens is 415 g/mol. The summed E-state index contributed by atoms with van der Waals surface area (Å²) in [5.74, 6) is 0.0922. The molecule has 164 valence electrons. The Labute approximate surface area is 187 Å². The number of hydrogen-bond acceptors (Lipinski definition) is 3. The van der Waals surface area contributed by atoms with Gasteiger partial charge in [-0.15, -0.1) is 0 Å². The summed E-state index contributed by atoms with van der Waals surface area (Å²) in [6.45, 7) is 2.12. The van der Waals surface area contributed by atoms with Gasteiger partial charge in [0, 0.05) is 28.5 Å². The first kappa shape index (κ1) is 22.2. The predicted molar refractivity (Wildman–Crippen MR) is 120 cm³/mol. The lowest BCUT2D eigenvalue weighted by atomic mass is 9.81. The van der Waals surface area contributed by atoms with Crippen molar-refractivity contribution >= 4 is 23.2 Å². The van der Waals surface area contributed by atoms with Crippen molar-refractivity contribution in [3.05, 3.63) is 58.9 Å². The highest BCUT2D eigenvalue weighted by Crippen LogP contribution is 2.43. The molecule has 0 aromatic heterocycles. The van der Waals surface area contributed by atoms with Crippen molar-refractivity contribution in [3.63, 3.8) is 0 Å². The molecule has 1 N–H and O–H groups in total. The summed E-state index contributed by atoms with van der Waals surface area (Å²) in [5, 5.41) is 10.5. The van der Waals surface area contributed by atoms with Crippen molar-refractivity contribution in [2.75, 3.05) is 0 Å². The summed E-state index contributed by atoms with van der Waals surface area (Å²) < 4.78 is 14.2. The fraction of sp³-hybridized carbons (Fsp3) is 0.462. The minimum absolute atomic E-state index is 0.0105. The summed E-state index contributed by atoms with van der Waals surface area (Å²) >= 11 is 5.82. The van der Waals surface area contributed by atoms with Crippen LogP contribution in [0.25, 0.3) is 11.1 Å². The average molecular weight is 443 g/mol. The third-order valence-corrected chi connectivity index (χ3v) is 7.27. The number of aliphatic hydroxyl groups is 1. The first-order chi connectivity index (χ1) is 14.8. The van der Waals surface area contributed by atoms with E-state index in [1.165, 1.54) is 6.07 Å². The van der Waals surface area contributed by atoms with Crippen molar-refractivity contribution < 1.29 is 19.1 Å². The molecule has 2 aromatic carbocycles. The zero-order chi connectivity index (χ0) is 22.2. The SMILES string of the molecule is CC1CC(C(=O)C2(O)CC2)CCCC1CC(=O)c1ccc(-c2ccc(Cl)cc2F)cc1. The van der Waals surface area contributed by atoms with Gasteiger partial charge in [0.2, 0.25) is 0 Å². The van der Waals surface area contributed by atoms with Crippen LogP contribution < -0.4 is 0 Å². The standard InChI is InChI=1S/C26H28ClFO3/c1-16-13-20(25(30)26(31)11-12-26)4-2-3-19(16)14-24(29)18-7-5-17(6-8-18)22-10-9-21(27)15-23(22)28/h5-10,15-16,19-20,31H,2-4,11-14H2,1H3. The molecule has 0 aliphatic heterocycles. The van der Waals surface area contributed by atoms with Crippen LogP contribution in [0.3, 0.4) is 0 Å². The van der Waals surface area contributed by atoms with Gasteiger partial charge in [-0.1, -0.05) is 49.2 Å². The number of rotatable bonds is 6. The van der Waals surface area contributed by atoms with Crippen LogP contribution in [0, 0.1) is 23.6 Å². The first-order valence-corrected chi connectivity index (χ1v) is 11.5. The van der Waals surface area contributed by atoms with Crippen molar-refractivity contribution in [3.8, 4) is 11.1 Å². The molecule has 2 aliphatic rings. The largest absolute Gasteiger partial charge is 0.382 e. The quantitative estimate of drug-likeness (QED) is 0.424. The Morgan fingerprint density at radius 2 is 1.84 bits per heavy atom. The molecule has 0 bridgehead atoms. The van der Waals surface area contributed by atoms with Crippen LogP contribution in [-0.4, -0.2) is 22.3 Å². The number of ketones is 2. The second-order valence-corrected chi connectivity index (χ2v) is 9.76. The molecule has 3 atom stereocenters. The van der Waals surface area contributed by atoms with Crippen molar-refractivity contribution in [1.29, 1.82) is 0 Å². The third kappa shape index (κ3) is 4.91. The Morgan fingerprint density at radius 3 is 2.48 bits per heavy atom. The highest BCUT2D eigenvalue weighted by molar-refractivity contribution is 6.30. The van der Waals surface area contributed by atoms with E-state index in [1.807, 2.05) is 0 Å². The molecule has 5 heteroatoms. The minimum atomic E-state index is -1.06. The van der Waals surface area contributed by atoms with E-state index in [4.69, 9.17) is 11.6 Å². The van der Waals surface area contributed by atoms with Crippen molar-refractivity contribution in [2.45, 2.75) is 57.5 Å². The molecule has 2 aromatic rings. The summed E-state index contributed by atoms with van der Waals surface area (Å²) in [6, 6.07) is 11.6. The van der Waals surface area contributed by atoms with Crippen LogP contribution in [0.1, 0.15) is 62.2 Å². The van der Waals surface area contributed by atoms with Gasteiger partial charge >= 0.3 is 0 Å². The summed E-state index contributed by atoms with van der Waals surface area (Å²) in [5.41, 5.74) is 0.710. The molecule has 0 spiro atoms. The van der Waals surface area contributed by atoms with Gasteiger partial charge in [0.1, 0.15) is 11.4 Å². The van der Waals surface area contributed by atoms with E-state index in [0.717, 1.165) is 25.7 Å². The Bertz CT molecular complexity index is 981. The molecular formula is C26H28ClFO3. The normalized spacial score (nSPS) is 25.0. The molecule has 31 heavy (non-hydrogen) atoms. The van der Waals surface area contributed by atoms with Crippen LogP contribution in [-0.2, 0) is 4.79 Å². The number of halogens is 2. The average Bonchev–Trinajstić information content (AvgIpc) is 3.52. The number of carbonyl (C=O) groups excluding carboxylic acids is 2. The Hall–Kier alpha value is -2.04. The van der Waals surface area contributed by atoms with Gasteiger partial charge in [-0.05, 0) is 67.7 Å². The summed E-state index contributed by atoms with van der Waals surface area (Å²) in [7, 11) is 0. The fourth-order valence-electron chi connectivity index (χ4n) is 4.87. The highest BCUT2D eigenvalue weighted by Gasteiger charge is 2.50. The second kappa shape index (κ2) is 8.84. The molecule has 2 saturated carbocycles. The van der Waals surface area contributed by atoms with Crippen molar-refractivity contribution in [2.24, 2.45) is 17.8 Å². The zero-order valence-corrected chi connectivity index (χ0v) is 18.5. The van der Waals surface area contributed by atoms with E-state index in [0.29, 0.717) is 41.0 Å². The first-order valence-electron chi connectivity index (χ1n) is 11.1. The van der Waals surface area contributed by atoms with Crippen LogP contribution in [0.2, 0.25) is 5.02 Å². The number of hydrogen-bond donors (Lipinski definition) is 1. The third-order valence-electron chi connectivity index (χ3n) is 7.04. The maximum absolute atomic E-state index is 14.2. The number of benzene rings is 2. The maximum atomic E-state index is 14.2. The molecule has 0 saturated heterocycles. The van der Waals surface area contributed by atoms with E-state index in [-0.39, 0.29) is 35.1 Å². The molecule has 0 radical (unpaired) electrons. The number of Topliss-reactive ketones (excluding diaryl/α,β-unsaturated/α-hetero) is 2. The molecule has 3 unspecified atom stereocenters. The van der Waals surface area contributed by atoms with E-state index in [9.17, 15) is 19.1 Å². The molecule has 2 aliphatic carbocycles. The van der Waals surface area contributed by atoms with Gasteiger partial charge in [-0.2, -0.15) is 0 Å². The maximum Gasteiger partial charge on any atom is 0.167 e. The van der Waals surface area contributed by atoms with Crippen LogP contribution in [0.15, 0.2) is 42.5 Å². The molecule has 4 rings (SSSR count). The Balaban J connectivity index is 1.40. The lowest BCUT2D eigenvalue weighted by Gasteiger charge is -2.23. The predicted octanol–water partition coefficient (Wildman–Crippen LogP) is 6.26. The van der Waals surface area contributed by atoms with Crippen molar-refractivity contribution in [1.82, 2.24) is 0 Å². The fourth-order valence-corrected chi connectivity index (χ4v) is 5.03. The van der Waals surface area contributed by atoms with Crippen LogP contribution in [0.4, 0.5) is 4.39 Å². The van der Waals surface area contributed by atoms with Gasteiger partial charge < -0.3 is 5.11 Å². The van der Waals surface area contributed by atoms with E-state index >= 15 is 0 Å². The second-order valence-electron chi connectivity index (χ2n) is 9.33. The Kier molecular flexibility index (Phi) is 6.32. The summed E-state index contributed by atoms with van der Waals surface area (Å²) in [4.78, 5) is 25.5. The lowest BCUT2D eigenvalue weighted by molar-refractivity contribution is -0.134. The topological polar surface area (TPSA) is 54.4 Å². The van der Waals surface area contributed by atoms with Gasteiger partial charge in [0.15, 0.2) is 11.6 Å². The summed E-state index contributed by atoms with van der Waals surface area (Å²) in [6.07, 6.45) is 5.00. The van der Waals surface area contributed by atoms with E-state index in [2.05, 4.69) is 6.92 Å². The van der Waals surface area contributed by atoms with Gasteiger partial charge in [0.05, 0.1) is 0 Å².